The predicted octanol–water partition coefficient (Wildman–Crippen LogP) is 3.96. The van der Waals surface area contributed by atoms with Gasteiger partial charge in [0.1, 0.15) is 5.75 Å². The van der Waals surface area contributed by atoms with Crippen LogP contribution in [0.4, 0.5) is 5.69 Å². The molecular weight excluding hydrogens is 334 g/mol. The SMILES string of the molecule is COc1ccc(Cl)cc1NC(=O)CSc1nc2ccccc2[nH]1. The summed E-state index contributed by atoms with van der Waals surface area (Å²) in [6.45, 7) is 0. The minimum atomic E-state index is -0.156. The molecule has 3 aromatic rings. The van der Waals surface area contributed by atoms with Crippen LogP contribution in [0, 0.1) is 0 Å². The number of rotatable bonds is 5. The third-order valence-corrected chi connectivity index (χ3v) is 4.25. The van der Waals surface area contributed by atoms with Crippen LogP contribution in [-0.4, -0.2) is 28.7 Å². The van der Waals surface area contributed by atoms with Crippen molar-refractivity contribution < 1.29 is 9.53 Å². The Balaban J connectivity index is 1.64. The summed E-state index contributed by atoms with van der Waals surface area (Å²) in [5.74, 6) is 0.641. The molecule has 0 unspecified atom stereocenters. The number of fused-ring (bicyclic) bond motifs is 1. The Morgan fingerprint density at radius 1 is 1.35 bits per heavy atom. The molecule has 7 heteroatoms. The van der Waals surface area contributed by atoms with E-state index < -0.39 is 0 Å². The number of thioether (sulfide) groups is 1. The number of hydrogen-bond donors (Lipinski definition) is 2. The van der Waals surface area contributed by atoms with Gasteiger partial charge in [-0.3, -0.25) is 4.79 Å². The number of methoxy groups -OCH3 is 1. The van der Waals surface area contributed by atoms with E-state index in [2.05, 4.69) is 15.3 Å². The lowest BCUT2D eigenvalue weighted by Gasteiger charge is -2.10. The Labute approximate surface area is 142 Å². The van der Waals surface area contributed by atoms with Gasteiger partial charge in [-0.25, -0.2) is 4.98 Å². The Kier molecular flexibility index (Phi) is 4.73. The van der Waals surface area contributed by atoms with Gasteiger partial charge in [-0.05, 0) is 30.3 Å². The van der Waals surface area contributed by atoms with Gasteiger partial charge in [-0.2, -0.15) is 0 Å². The number of benzene rings is 2. The van der Waals surface area contributed by atoms with Crippen LogP contribution in [0.1, 0.15) is 0 Å². The molecule has 3 rings (SSSR count). The number of ether oxygens (including phenoxy) is 1. The third-order valence-electron chi connectivity index (χ3n) is 3.14. The van der Waals surface area contributed by atoms with Gasteiger partial charge in [-0.15, -0.1) is 0 Å². The lowest BCUT2D eigenvalue weighted by atomic mass is 10.3. The van der Waals surface area contributed by atoms with Crippen LogP contribution >= 0.6 is 23.4 Å². The maximum absolute atomic E-state index is 12.1. The van der Waals surface area contributed by atoms with Crippen molar-refractivity contribution >= 4 is 46.0 Å². The fourth-order valence-electron chi connectivity index (χ4n) is 2.10. The number of nitrogens with zero attached hydrogens (tertiary/aromatic N) is 1. The molecule has 1 amide bonds. The first-order valence-electron chi connectivity index (χ1n) is 6.86. The zero-order valence-corrected chi connectivity index (χ0v) is 13.9. The fraction of sp³-hybridized carbons (Fsp3) is 0.125. The zero-order chi connectivity index (χ0) is 16.2. The van der Waals surface area contributed by atoms with Gasteiger partial charge in [0.05, 0.1) is 29.6 Å². The summed E-state index contributed by atoms with van der Waals surface area (Å²) in [5, 5.41) is 4.04. The second kappa shape index (κ2) is 6.93. The largest absolute Gasteiger partial charge is 0.495 e. The number of anilines is 1. The highest BCUT2D eigenvalue weighted by atomic mass is 35.5. The first kappa shape index (κ1) is 15.7. The highest BCUT2D eigenvalue weighted by Crippen LogP contribution is 2.28. The minimum absolute atomic E-state index is 0.156. The number of aromatic amines is 1. The van der Waals surface area contributed by atoms with Crippen LogP contribution in [-0.2, 0) is 4.79 Å². The number of amides is 1. The topological polar surface area (TPSA) is 67.0 Å². The summed E-state index contributed by atoms with van der Waals surface area (Å²) in [4.78, 5) is 19.7. The van der Waals surface area contributed by atoms with Crippen LogP contribution in [0.3, 0.4) is 0 Å². The molecule has 0 radical (unpaired) electrons. The van der Waals surface area contributed by atoms with E-state index in [0.29, 0.717) is 21.6 Å². The van der Waals surface area contributed by atoms with Crippen LogP contribution in [0.25, 0.3) is 11.0 Å². The number of aromatic nitrogens is 2. The Bertz CT molecular complexity index is 817. The molecule has 1 heterocycles. The normalized spacial score (nSPS) is 10.7. The van der Waals surface area contributed by atoms with E-state index in [4.69, 9.17) is 16.3 Å². The van der Waals surface area contributed by atoms with E-state index in [0.717, 1.165) is 11.0 Å². The Morgan fingerprint density at radius 3 is 2.96 bits per heavy atom. The van der Waals surface area contributed by atoms with Gasteiger partial charge < -0.3 is 15.0 Å². The number of carbonyl (C=O) groups is 1. The first-order valence-corrected chi connectivity index (χ1v) is 8.23. The number of nitrogens with one attached hydrogen (secondary N) is 2. The fourth-order valence-corrected chi connectivity index (χ4v) is 2.95. The molecule has 0 saturated heterocycles. The minimum Gasteiger partial charge on any atom is -0.495 e. The Hall–Kier alpha value is -2.18. The number of H-pyrrole nitrogens is 1. The Morgan fingerprint density at radius 2 is 2.17 bits per heavy atom. The molecule has 2 N–H and O–H groups in total. The lowest BCUT2D eigenvalue weighted by Crippen LogP contribution is -2.14. The molecular formula is C16H14ClN3O2S. The second-order valence-electron chi connectivity index (χ2n) is 4.74. The molecule has 0 aliphatic rings. The smallest absolute Gasteiger partial charge is 0.234 e. The van der Waals surface area contributed by atoms with E-state index in [1.807, 2.05) is 24.3 Å². The molecule has 0 saturated carbocycles. The molecule has 1 aromatic heterocycles. The number of carbonyl (C=O) groups excluding carboxylic acids is 1. The van der Waals surface area contributed by atoms with Gasteiger partial charge in [0.15, 0.2) is 5.16 Å². The van der Waals surface area contributed by atoms with Crippen molar-refractivity contribution in [2.24, 2.45) is 0 Å². The number of para-hydroxylation sites is 2. The summed E-state index contributed by atoms with van der Waals surface area (Å²) < 4.78 is 5.21. The van der Waals surface area contributed by atoms with Gasteiger partial charge in [0.25, 0.3) is 0 Å². The average molecular weight is 348 g/mol. The van der Waals surface area contributed by atoms with Crippen molar-refractivity contribution in [1.82, 2.24) is 9.97 Å². The standard InChI is InChI=1S/C16H14ClN3O2S/c1-22-14-7-6-10(17)8-13(14)18-15(21)9-23-16-19-11-4-2-3-5-12(11)20-16/h2-8H,9H2,1H3,(H,18,21)(H,19,20). The van der Waals surface area contributed by atoms with Gasteiger partial charge >= 0.3 is 0 Å². The van der Waals surface area contributed by atoms with Crippen molar-refractivity contribution in [3.63, 3.8) is 0 Å². The van der Waals surface area contributed by atoms with Crippen molar-refractivity contribution in [3.05, 3.63) is 47.5 Å². The molecule has 5 nitrogen and oxygen atoms in total. The van der Waals surface area contributed by atoms with E-state index in [-0.39, 0.29) is 11.7 Å². The van der Waals surface area contributed by atoms with E-state index in [1.165, 1.54) is 11.8 Å². The molecule has 0 aliphatic heterocycles. The molecule has 0 fully saturated rings. The molecule has 0 aliphatic carbocycles. The maximum Gasteiger partial charge on any atom is 0.234 e. The van der Waals surface area contributed by atoms with E-state index >= 15 is 0 Å². The predicted molar refractivity (Wildman–Crippen MR) is 93.5 cm³/mol. The summed E-state index contributed by atoms with van der Waals surface area (Å²) >= 11 is 7.29. The van der Waals surface area contributed by atoms with Gasteiger partial charge in [0.2, 0.25) is 5.91 Å². The van der Waals surface area contributed by atoms with E-state index in [1.54, 1.807) is 25.3 Å². The van der Waals surface area contributed by atoms with Crippen LogP contribution in [0.15, 0.2) is 47.6 Å². The van der Waals surface area contributed by atoms with E-state index in [9.17, 15) is 4.79 Å². The maximum atomic E-state index is 12.1. The number of imidazole rings is 1. The lowest BCUT2D eigenvalue weighted by molar-refractivity contribution is -0.113. The van der Waals surface area contributed by atoms with Crippen LogP contribution in [0.2, 0.25) is 5.02 Å². The number of hydrogen-bond acceptors (Lipinski definition) is 4. The summed E-state index contributed by atoms with van der Waals surface area (Å²) in [7, 11) is 1.54. The van der Waals surface area contributed by atoms with Crippen LogP contribution in [0.5, 0.6) is 5.75 Å². The summed E-state index contributed by atoms with van der Waals surface area (Å²) in [5.41, 5.74) is 2.38. The zero-order valence-electron chi connectivity index (χ0n) is 12.3. The number of halogens is 1. The van der Waals surface area contributed by atoms with Crippen molar-refractivity contribution in [2.75, 3.05) is 18.2 Å². The molecule has 0 bridgehead atoms. The molecule has 118 valence electrons. The van der Waals surface area contributed by atoms with Gasteiger partial charge in [-0.1, -0.05) is 35.5 Å². The van der Waals surface area contributed by atoms with Gasteiger partial charge in [0, 0.05) is 5.02 Å². The summed E-state index contributed by atoms with van der Waals surface area (Å²) in [6.07, 6.45) is 0. The monoisotopic (exact) mass is 347 g/mol. The molecule has 2 aromatic carbocycles. The summed E-state index contributed by atoms with van der Waals surface area (Å²) in [6, 6.07) is 12.8. The quantitative estimate of drug-likeness (QED) is 0.686. The van der Waals surface area contributed by atoms with Crippen molar-refractivity contribution in [3.8, 4) is 5.75 Å². The van der Waals surface area contributed by atoms with Crippen molar-refractivity contribution in [2.45, 2.75) is 5.16 Å². The second-order valence-corrected chi connectivity index (χ2v) is 6.14. The molecule has 0 atom stereocenters. The molecule has 0 spiro atoms. The van der Waals surface area contributed by atoms with Crippen molar-refractivity contribution in [1.29, 1.82) is 0 Å². The first-order chi connectivity index (χ1) is 11.2. The highest BCUT2D eigenvalue weighted by Gasteiger charge is 2.10. The molecule has 23 heavy (non-hydrogen) atoms. The van der Waals surface area contributed by atoms with Crippen LogP contribution < -0.4 is 10.1 Å². The average Bonchev–Trinajstić information content (AvgIpc) is 2.96. The third kappa shape index (κ3) is 3.78. The highest BCUT2D eigenvalue weighted by molar-refractivity contribution is 7.99.